The van der Waals surface area contributed by atoms with E-state index in [2.05, 4.69) is 10.2 Å². The van der Waals surface area contributed by atoms with Gasteiger partial charge < -0.3 is 4.90 Å². The number of fused-ring (bicyclic) bond motifs is 1. The molecule has 0 aliphatic carbocycles. The molecule has 2 saturated heterocycles. The van der Waals surface area contributed by atoms with Crippen LogP contribution < -0.4 is 0 Å². The summed E-state index contributed by atoms with van der Waals surface area (Å²) >= 11 is 0. The van der Waals surface area contributed by atoms with E-state index >= 15 is 0 Å². The number of hydrogen-bond acceptors (Lipinski definition) is 5. The second kappa shape index (κ2) is 7.79. The molecule has 2 aliphatic heterocycles. The molecule has 2 aromatic heterocycles. The van der Waals surface area contributed by atoms with Crippen LogP contribution in [-0.2, 0) is 14.8 Å². The third-order valence-electron chi connectivity index (χ3n) is 5.82. The van der Waals surface area contributed by atoms with Crippen molar-refractivity contribution in [2.45, 2.75) is 51.0 Å². The first-order valence-electron chi connectivity index (χ1n) is 10.1. The summed E-state index contributed by atoms with van der Waals surface area (Å²) in [6, 6.07) is 5.31. The second-order valence-electron chi connectivity index (χ2n) is 7.67. The lowest BCUT2D eigenvalue weighted by Crippen LogP contribution is -2.50. The Hall–Kier alpha value is -2.00. The Labute approximate surface area is 165 Å². The van der Waals surface area contributed by atoms with Gasteiger partial charge in [0.25, 0.3) is 0 Å². The molecule has 2 fully saturated rings. The number of carbonyl (C=O) groups is 1. The van der Waals surface area contributed by atoms with Gasteiger partial charge in [-0.1, -0.05) is 13.0 Å². The van der Waals surface area contributed by atoms with Crippen LogP contribution in [0, 0.1) is 0 Å². The SMILES string of the molecule is CCCS(=O)(=O)N1CCCC1C(=O)N1CCC(c2nnc3ccccn23)CC1. The highest BCUT2D eigenvalue weighted by molar-refractivity contribution is 7.89. The third kappa shape index (κ3) is 3.53. The first-order valence-corrected chi connectivity index (χ1v) is 11.7. The van der Waals surface area contributed by atoms with Gasteiger partial charge in [0, 0.05) is 31.7 Å². The zero-order chi connectivity index (χ0) is 19.7. The maximum Gasteiger partial charge on any atom is 0.241 e. The molecule has 8 nitrogen and oxygen atoms in total. The molecule has 1 amide bonds. The standard InChI is InChI=1S/C19H27N5O3S/c1-2-14-28(26,27)24-11-5-6-16(24)19(25)22-12-8-15(9-13-22)18-21-20-17-7-3-4-10-23(17)18/h3-4,7,10,15-16H,2,5-6,8-9,11-14H2,1H3. The minimum absolute atomic E-state index is 0.0401. The lowest BCUT2D eigenvalue weighted by atomic mass is 9.95. The van der Waals surface area contributed by atoms with Gasteiger partial charge in [-0.3, -0.25) is 9.20 Å². The summed E-state index contributed by atoms with van der Waals surface area (Å²) in [6.07, 6.45) is 5.54. The van der Waals surface area contributed by atoms with Crippen molar-refractivity contribution in [3.63, 3.8) is 0 Å². The molecule has 0 bridgehead atoms. The Morgan fingerprint density at radius 1 is 1.14 bits per heavy atom. The van der Waals surface area contributed by atoms with Crippen molar-refractivity contribution in [2.75, 3.05) is 25.4 Å². The number of carbonyl (C=O) groups excluding carboxylic acids is 1. The van der Waals surface area contributed by atoms with Crippen LogP contribution in [0.2, 0.25) is 0 Å². The largest absolute Gasteiger partial charge is 0.341 e. The molecule has 2 aromatic rings. The quantitative estimate of drug-likeness (QED) is 0.755. The first-order chi connectivity index (χ1) is 13.5. The molecule has 2 aliphatic rings. The lowest BCUT2D eigenvalue weighted by Gasteiger charge is -2.34. The summed E-state index contributed by atoms with van der Waals surface area (Å²) in [5.74, 6) is 1.26. The number of rotatable bonds is 5. The minimum Gasteiger partial charge on any atom is -0.341 e. The van der Waals surface area contributed by atoms with Crippen molar-refractivity contribution in [1.82, 2.24) is 23.8 Å². The topological polar surface area (TPSA) is 87.9 Å². The molecule has 1 atom stereocenters. The van der Waals surface area contributed by atoms with Crippen LogP contribution in [0.4, 0.5) is 0 Å². The number of amides is 1. The highest BCUT2D eigenvalue weighted by atomic mass is 32.2. The fourth-order valence-corrected chi connectivity index (χ4v) is 6.14. The molecule has 0 spiro atoms. The average molecular weight is 406 g/mol. The lowest BCUT2D eigenvalue weighted by molar-refractivity contribution is -0.135. The summed E-state index contributed by atoms with van der Waals surface area (Å²) in [7, 11) is -3.35. The van der Waals surface area contributed by atoms with E-state index in [0.29, 0.717) is 32.5 Å². The number of piperidine rings is 1. The number of aromatic nitrogens is 3. The molecule has 0 saturated carbocycles. The Kier molecular flexibility index (Phi) is 5.37. The van der Waals surface area contributed by atoms with Crippen molar-refractivity contribution >= 4 is 21.6 Å². The molecule has 9 heteroatoms. The number of pyridine rings is 1. The van der Waals surface area contributed by atoms with Crippen LogP contribution in [0.25, 0.3) is 5.65 Å². The van der Waals surface area contributed by atoms with Gasteiger partial charge in [-0.05, 0) is 44.2 Å². The normalized spacial score (nSPS) is 22.2. The fraction of sp³-hybridized carbons (Fsp3) is 0.632. The van der Waals surface area contributed by atoms with E-state index in [9.17, 15) is 13.2 Å². The predicted molar refractivity (Wildman–Crippen MR) is 105 cm³/mol. The number of hydrogen-bond donors (Lipinski definition) is 0. The zero-order valence-corrected chi connectivity index (χ0v) is 17.0. The van der Waals surface area contributed by atoms with Gasteiger partial charge in [-0.2, -0.15) is 4.31 Å². The number of likely N-dealkylation sites (tertiary alicyclic amines) is 1. The van der Waals surface area contributed by atoms with Gasteiger partial charge in [0.1, 0.15) is 11.9 Å². The van der Waals surface area contributed by atoms with Gasteiger partial charge in [0.05, 0.1) is 5.75 Å². The smallest absolute Gasteiger partial charge is 0.241 e. The zero-order valence-electron chi connectivity index (χ0n) is 16.2. The summed E-state index contributed by atoms with van der Waals surface area (Å²) in [5, 5.41) is 8.58. The first kappa shape index (κ1) is 19.3. The molecule has 0 N–H and O–H groups in total. The predicted octanol–water partition coefficient (Wildman–Crippen LogP) is 1.64. The van der Waals surface area contributed by atoms with Crippen molar-refractivity contribution in [3.05, 3.63) is 30.2 Å². The van der Waals surface area contributed by atoms with Crippen molar-refractivity contribution in [2.24, 2.45) is 0 Å². The van der Waals surface area contributed by atoms with Gasteiger partial charge in [-0.25, -0.2) is 8.42 Å². The Morgan fingerprint density at radius 3 is 2.68 bits per heavy atom. The van der Waals surface area contributed by atoms with Crippen molar-refractivity contribution in [1.29, 1.82) is 0 Å². The van der Waals surface area contributed by atoms with Gasteiger partial charge in [-0.15, -0.1) is 10.2 Å². The van der Waals surface area contributed by atoms with Gasteiger partial charge in [0.15, 0.2) is 5.65 Å². The van der Waals surface area contributed by atoms with Gasteiger partial charge in [0.2, 0.25) is 15.9 Å². The highest BCUT2D eigenvalue weighted by Gasteiger charge is 2.40. The van der Waals surface area contributed by atoms with Crippen molar-refractivity contribution in [3.8, 4) is 0 Å². The number of nitrogens with zero attached hydrogens (tertiary/aromatic N) is 5. The van der Waals surface area contributed by atoms with Gasteiger partial charge >= 0.3 is 0 Å². The third-order valence-corrected chi connectivity index (χ3v) is 7.90. The fourth-order valence-electron chi connectivity index (χ4n) is 4.40. The number of sulfonamides is 1. The molecular formula is C19H27N5O3S. The van der Waals surface area contributed by atoms with Crippen LogP contribution in [0.15, 0.2) is 24.4 Å². The molecule has 1 unspecified atom stereocenters. The maximum atomic E-state index is 13.1. The second-order valence-corrected chi connectivity index (χ2v) is 9.71. The molecule has 4 heterocycles. The Morgan fingerprint density at radius 2 is 1.93 bits per heavy atom. The van der Waals surface area contributed by atoms with E-state index in [1.54, 1.807) is 0 Å². The molecule has 4 rings (SSSR count). The van der Waals surface area contributed by atoms with Crippen LogP contribution in [-0.4, -0.2) is 69.6 Å². The van der Waals surface area contributed by atoms with Crippen LogP contribution >= 0.6 is 0 Å². The van der Waals surface area contributed by atoms with Crippen LogP contribution in [0.5, 0.6) is 0 Å². The van der Waals surface area contributed by atoms with E-state index in [0.717, 1.165) is 30.7 Å². The van der Waals surface area contributed by atoms with E-state index in [-0.39, 0.29) is 17.6 Å². The van der Waals surface area contributed by atoms with E-state index < -0.39 is 16.1 Å². The van der Waals surface area contributed by atoms with Crippen LogP contribution in [0.1, 0.15) is 50.8 Å². The Balaban J connectivity index is 1.43. The molecule has 28 heavy (non-hydrogen) atoms. The summed E-state index contributed by atoms with van der Waals surface area (Å²) in [4.78, 5) is 14.9. The maximum absolute atomic E-state index is 13.1. The summed E-state index contributed by atoms with van der Waals surface area (Å²) < 4.78 is 28.5. The molecule has 0 aromatic carbocycles. The Bertz CT molecular complexity index is 949. The van der Waals surface area contributed by atoms with Crippen molar-refractivity contribution < 1.29 is 13.2 Å². The minimum atomic E-state index is -3.35. The average Bonchev–Trinajstić information content (AvgIpc) is 3.35. The van der Waals surface area contributed by atoms with E-state index in [4.69, 9.17) is 0 Å². The summed E-state index contributed by atoms with van der Waals surface area (Å²) in [6.45, 7) is 3.57. The van der Waals surface area contributed by atoms with E-state index in [1.165, 1.54) is 4.31 Å². The molecule has 0 radical (unpaired) electrons. The van der Waals surface area contributed by atoms with Crippen LogP contribution in [0.3, 0.4) is 0 Å². The summed E-state index contributed by atoms with van der Waals surface area (Å²) in [5.41, 5.74) is 0.832. The highest BCUT2D eigenvalue weighted by Crippen LogP contribution is 2.30. The van der Waals surface area contributed by atoms with E-state index in [1.807, 2.05) is 40.6 Å². The molecule has 152 valence electrons. The monoisotopic (exact) mass is 405 g/mol. The molecular weight excluding hydrogens is 378 g/mol.